The summed E-state index contributed by atoms with van der Waals surface area (Å²) < 4.78 is 0. The standard InChI is InChI=1S/C10H17N3S/c1-12-3-5-13(6-4-12)10(8-11)2-7-14-9-10/h2-7,9H2,1H3. The van der Waals surface area contributed by atoms with Gasteiger partial charge in [0.25, 0.3) is 0 Å². The van der Waals surface area contributed by atoms with E-state index in [4.69, 9.17) is 0 Å². The minimum atomic E-state index is -0.133. The van der Waals surface area contributed by atoms with E-state index >= 15 is 0 Å². The minimum Gasteiger partial charge on any atom is -0.304 e. The molecule has 0 N–H and O–H groups in total. The van der Waals surface area contributed by atoms with Crippen molar-refractivity contribution in [3.63, 3.8) is 0 Å². The van der Waals surface area contributed by atoms with Gasteiger partial charge in [-0.05, 0) is 19.2 Å². The lowest BCUT2D eigenvalue weighted by Gasteiger charge is -2.40. The zero-order chi connectivity index (χ0) is 10.0. The summed E-state index contributed by atoms with van der Waals surface area (Å²) in [4.78, 5) is 4.73. The Hall–Kier alpha value is -0.240. The van der Waals surface area contributed by atoms with Gasteiger partial charge < -0.3 is 4.90 Å². The average Bonchev–Trinajstić information content (AvgIpc) is 2.68. The van der Waals surface area contributed by atoms with Gasteiger partial charge >= 0.3 is 0 Å². The number of hydrogen-bond donors (Lipinski definition) is 0. The molecule has 0 aliphatic carbocycles. The Morgan fingerprint density at radius 3 is 2.50 bits per heavy atom. The van der Waals surface area contributed by atoms with Crippen LogP contribution in [-0.2, 0) is 0 Å². The van der Waals surface area contributed by atoms with E-state index in [1.165, 1.54) is 0 Å². The van der Waals surface area contributed by atoms with Crippen LogP contribution >= 0.6 is 11.8 Å². The molecule has 0 amide bonds. The first-order valence-electron chi connectivity index (χ1n) is 5.19. The van der Waals surface area contributed by atoms with Gasteiger partial charge in [-0.1, -0.05) is 0 Å². The third kappa shape index (κ3) is 1.77. The van der Waals surface area contributed by atoms with Gasteiger partial charge in [0.1, 0.15) is 5.54 Å². The van der Waals surface area contributed by atoms with Crippen molar-refractivity contribution in [3.8, 4) is 6.07 Å². The van der Waals surface area contributed by atoms with E-state index in [2.05, 4.69) is 22.9 Å². The fraction of sp³-hybridized carbons (Fsp3) is 0.900. The Morgan fingerprint density at radius 1 is 1.29 bits per heavy atom. The highest BCUT2D eigenvalue weighted by Crippen LogP contribution is 2.33. The number of piperazine rings is 1. The van der Waals surface area contributed by atoms with Gasteiger partial charge in [0.15, 0.2) is 0 Å². The number of nitriles is 1. The number of nitrogens with zero attached hydrogens (tertiary/aromatic N) is 3. The van der Waals surface area contributed by atoms with Crippen LogP contribution in [0.2, 0.25) is 0 Å². The highest BCUT2D eigenvalue weighted by molar-refractivity contribution is 7.99. The van der Waals surface area contributed by atoms with Crippen molar-refractivity contribution in [1.29, 1.82) is 5.26 Å². The predicted octanol–water partition coefficient (Wildman–Crippen LogP) is 0.633. The van der Waals surface area contributed by atoms with Gasteiger partial charge in [-0.15, -0.1) is 0 Å². The molecule has 78 valence electrons. The van der Waals surface area contributed by atoms with E-state index in [1.54, 1.807) is 0 Å². The largest absolute Gasteiger partial charge is 0.304 e. The maximum Gasteiger partial charge on any atom is 0.119 e. The summed E-state index contributed by atoms with van der Waals surface area (Å²) in [5, 5.41) is 9.32. The van der Waals surface area contributed by atoms with E-state index in [0.29, 0.717) is 0 Å². The fourth-order valence-electron chi connectivity index (χ4n) is 2.20. The van der Waals surface area contributed by atoms with Crippen molar-refractivity contribution < 1.29 is 0 Å². The Labute approximate surface area is 90.0 Å². The predicted molar refractivity (Wildman–Crippen MR) is 59.4 cm³/mol. The number of hydrogen-bond acceptors (Lipinski definition) is 4. The minimum absolute atomic E-state index is 0.133. The fourth-order valence-corrected chi connectivity index (χ4v) is 3.55. The van der Waals surface area contributed by atoms with E-state index in [-0.39, 0.29) is 5.54 Å². The van der Waals surface area contributed by atoms with Crippen molar-refractivity contribution in [3.05, 3.63) is 0 Å². The molecule has 0 radical (unpaired) electrons. The van der Waals surface area contributed by atoms with E-state index in [9.17, 15) is 5.26 Å². The molecule has 0 aromatic heterocycles. The van der Waals surface area contributed by atoms with Crippen molar-refractivity contribution in [2.75, 3.05) is 44.7 Å². The Balaban J connectivity index is 2.02. The van der Waals surface area contributed by atoms with Crippen LogP contribution in [0.5, 0.6) is 0 Å². The molecule has 0 aromatic carbocycles. The van der Waals surface area contributed by atoms with Gasteiger partial charge in [-0.3, -0.25) is 4.90 Å². The maximum atomic E-state index is 9.32. The SMILES string of the molecule is CN1CCN(C2(C#N)CCSC2)CC1. The molecule has 0 saturated carbocycles. The lowest BCUT2D eigenvalue weighted by molar-refractivity contribution is 0.0875. The van der Waals surface area contributed by atoms with Crippen molar-refractivity contribution in [2.45, 2.75) is 12.0 Å². The van der Waals surface area contributed by atoms with Crippen LogP contribution in [0.3, 0.4) is 0 Å². The summed E-state index contributed by atoms with van der Waals surface area (Å²) in [6.07, 6.45) is 1.05. The van der Waals surface area contributed by atoms with Crippen LogP contribution in [0.4, 0.5) is 0 Å². The zero-order valence-corrected chi connectivity index (χ0v) is 9.52. The molecule has 2 heterocycles. The van der Waals surface area contributed by atoms with Crippen molar-refractivity contribution >= 4 is 11.8 Å². The Kier molecular flexibility index (Phi) is 3.01. The molecule has 2 fully saturated rings. The van der Waals surface area contributed by atoms with Gasteiger partial charge in [-0.25, -0.2) is 0 Å². The average molecular weight is 211 g/mol. The van der Waals surface area contributed by atoms with Crippen LogP contribution in [-0.4, -0.2) is 60.1 Å². The van der Waals surface area contributed by atoms with E-state index in [1.807, 2.05) is 11.8 Å². The molecule has 2 rings (SSSR count). The second-order valence-electron chi connectivity index (χ2n) is 4.24. The molecule has 3 nitrogen and oxygen atoms in total. The molecular weight excluding hydrogens is 194 g/mol. The van der Waals surface area contributed by atoms with Crippen LogP contribution in [0, 0.1) is 11.3 Å². The first-order chi connectivity index (χ1) is 6.77. The monoisotopic (exact) mass is 211 g/mol. The van der Waals surface area contributed by atoms with E-state index in [0.717, 1.165) is 44.1 Å². The first kappa shape index (κ1) is 10.3. The first-order valence-corrected chi connectivity index (χ1v) is 6.35. The number of likely N-dealkylation sites (N-methyl/N-ethyl adjacent to an activating group) is 1. The second-order valence-corrected chi connectivity index (χ2v) is 5.34. The van der Waals surface area contributed by atoms with Gasteiger partial charge in [-0.2, -0.15) is 17.0 Å². The molecule has 0 aromatic rings. The molecule has 2 aliphatic heterocycles. The molecule has 4 heteroatoms. The Morgan fingerprint density at radius 2 is 2.00 bits per heavy atom. The summed E-state index contributed by atoms with van der Waals surface area (Å²) in [5.74, 6) is 2.16. The summed E-state index contributed by atoms with van der Waals surface area (Å²) in [6, 6.07) is 2.55. The second kappa shape index (κ2) is 4.09. The van der Waals surface area contributed by atoms with Gasteiger partial charge in [0.2, 0.25) is 0 Å². The molecule has 2 aliphatic rings. The smallest absolute Gasteiger partial charge is 0.119 e. The summed E-state index contributed by atoms with van der Waals surface area (Å²) in [6.45, 7) is 4.33. The van der Waals surface area contributed by atoms with Crippen LogP contribution < -0.4 is 0 Å². The quantitative estimate of drug-likeness (QED) is 0.636. The third-order valence-corrected chi connectivity index (χ3v) is 4.49. The maximum absolute atomic E-state index is 9.32. The molecular formula is C10H17N3S. The van der Waals surface area contributed by atoms with Crippen molar-refractivity contribution in [2.24, 2.45) is 0 Å². The highest BCUT2D eigenvalue weighted by atomic mass is 32.2. The molecule has 0 spiro atoms. The lowest BCUT2D eigenvalue weighted by atomic mass is 9.97. The molecule has 1 atom stereocenters. The Bertz CT molecular complexity index is 234. The molecule has 14 heavy (non-hydrogen) atoms. The van der Waals surface area contributed by atoms with Crippen LogP contribution in [0.1, 0.15) is 6.42 Å². The van der Waals surface area contributed by atoms with E-state index < -0.39 is 0 Å². The normalized spacial score (nSPS) is 35.7. The van der Waals surface area contributed by atoms with Crippen LogP contribution in [0.15, 0.2) is 0 Å². The molecule has 1 unspecified atom stereocenters. The number of thioether (sulfide) groups is 1. The highest BCUT2D eigenvalue weighted by Gasteiger charge is 2.41. The lowest BCUT2D eigenvalue weighted by Crippen LogP contribution is -2.56. The van der Waals surface area contributed by atoms with Crippen LogP contribution in [0.25, 0.3) is 0 Å². The summed E-state index contributed by atoms with van der Waals surface area (Å²) in [5.41, 5.74) is -0.133. The molecule has 2 saturated heterocycles. The third-order valence-electron chi connectivity index (χ3n) is 3.32. The van der Waals surface area contributed by atoms with Gasteiger partial charge in [0, 0.05) is 31.9 Å². The summed E-state index contributed by atoms with van der Waals surface area (Å²) >= 11 is 1.92. The van der Waals surface area contributed by atoms with Gasteiger partial charge in [0.05, 0.1) is 6.07 Å². The number of rotatable bonds is 1. The summed E-state index contributed by atoms with van der Waals surface area (Å²) in [7, 11) is 2.15. The zero-order valence-electron chi connectivity index (χ0n) is 8.70. The topological polar surface area (TPSA) is 30.3 Å². The molecule has 0 bridgehead atoms. The van der Waals surface area contributed by atoms with Crippen molar-refractivity contribution in [1.82, 2.24) is 9.80 Å².